The lowest BCUT2D eigenvalue weighted by Crippen LogP contribution is -2.31. The smallest absolute Gasteiger partial charge is 0.122 e. The minimum absolute atomic E-state index is 0.236. The number of nitrogens with one attached hydrogen (secondary N) is 1. The Kier molecular flexibility index (Phi) is 4.69. The monoisotopic (exact) mass is 239 g/mol. The number of aryl methyl sites for hydroxylation is 1. The first-order valence-corrected chi connectivity index (χ1v) is 6.72. The van der Waals surface area contributed by atoms with Crippen LogP contribution in [0.25, 0.3) is 0 Å². The van der Waals surface area contributed by atoms with E-state index in [-0.39, 0.29) is 4.75 Å². The van der Waals surface area contributed by atoms with Gasteiger partial charge < -0.3 is 10.4 Å². The van der Waals surface area contributed by atoms with E-state index >= 15 is 0 Å². The topological polar surface area (TPSA) is 32.3 Å². The Hall–Kier alpha value is -0.670. The van der Waals surface area contributed by atoms with Gasteiger partial charge in [0, 0.05) is 23.4 Å². The van der Waals surface area contributed by atoms with E-state index in [4.69, 9.17) is 0 Å². The number of para-hydroxylation sites is 1. The van der Waals surface area contributed by atoms with Crippen molar-refractivity contribution in [2.24, 2.45) is 0 Å². The van der Waals surface area contributed by atoms with Gasteiger partial charge >= 0.3 is 0 Å². The summed E-state index contributed by atoms with van der Waals surface area (Å²) in [6.07, 6.45) is 2.12. The van der Waals surface area contributed by atoms with Crippen LogP contribution in [0.1, 0.15) is 25.0 Å². The molecule has 0 aliphatic carbocycles. The van der Waals surface area contributed by atoms with E-state index in [9.17, 15) is 5.11 Å². The number of phenols is 1. The van der Waals surface area contributed by atoms with Crippen LogP contribution < -0.4 is 5.32 Å². The molecule has 1 aromatic rings. The Morgan fingerprint density at radius 3 is 2.69 bits per heavy atom. The molecule has 0 unspecified atom stereocenters. The van der Waals surface area contributed by atoms with E-state index in [1.807, 2.05) is 36.9 Å². The van der Waals surface area contributed by atoms with Gasteiger partial charge in [0.2, 0.25) is 0 Å². The minimum atomic E-state index is 0.236. The van der Waals surface area contributed by atoms with Crippen LogP contribution in [0.4, 0.5) is 0 Å². The fourth-order valence-electron chi connectivity index (χ4n) is 1.43. The predicted octanol–water partition coefficient (Wildman–Crippen LogP) is 2.93. The lowest BCUT2D eigenvalue weighted by atomic mass is 10.1. The highest BCUT2D eigenvalue weighted by atomic mass is 32.2. The second kappa shape index (κ2) is 5.60. The van der Waals surface area contributed by atoms with Crippen molar-refractivity contribution >= 4 is 11.8 Å². The maximum absolute atomic E-state index is 9.84. The predicted molar refractivity (Wildman–Crippen MR) is 72.1 cm³/mol. The number of hydrogen-bond donors (Lipinski definition) is 2. The summed E-state index contributed by atoms with van der Waals surface area (Å²) in [4.78, 5) is 0. The second-order valence-electron chi connectivity index (χ2n) is 4.65. The Labute approximate surface area is 102 Å². The van der Waals surface area contributed by atoms with Crippen molar-refractivity contribution in [2.45, 2.75) is 32.1 Å². The normalized spacial score (nSPS) is 11.8. The van der Waals surface area contributed by atoms with E-state index in [0.29, 0.717) is 5.75 Å². The number of phenolic OH excluding ortho intramolecular Hbond substituents is 1. The van der Waals surface area contributed by atoms with Gasteiger partial charge in [0.1, 0.15) is 5.75 Å². The summed E-state index contributed by atoms with van der Waals surface area (Å²) in [7, 11) is 0. The Morgan fingerprint density at radius 2 is 2.06 bits per heavy atom. The van der Waals surface area contributed by atoms with Crippen molar-refractivity contribution in [1.82, 2.24) is 5.32 Å². The molecule has 0 saturated carbocycles. The van der Waals surface area contributed by atoms with E-state index < -0.39 is 0 Å². The maximum atomic E-state index is 9.84. The molecule has 0 radical (unpaired) electrons. The number of rotatable bonds is 5. The van der Waals surface area contributed by atoms with Crippen LogP contribution in [0.2, 0.25) is 0 Å². The zero-order chi connectivity index (χ0) is 12.2. The van der Waals surface area contributed by atoms with Gasteiger partial charge in [0.15, 0.2) is 0 Å². The van der Waals surface area contributed by atoms with Gasteiger partial charge in [-0.2, -0.15) is 11.8 Å². The molecule has 0 amide bonds. The molecule has 0 bridgehead atoms. The van der Waals surface area contributed by atoms with Crippen LogP contribution in [0.5, 0.6) is 5.75 Å². The molecule has 0 atom stereocenters. The van der Waals surface area contributed by atoms with Crippen LogP contribution in [0, 0.1) is 6.92 Å². The van der Waals surface area contributed by atoms with Crippen LogP contribution >= 0.6 is 11.8 Å². The van der Waals surface area contributed by atoms with E-state index in [1.54, 1.807) is 0 Å². The third-order valence-electron chi connectivity index (χ3n) is 2.74. The minimum Gasteiger partial charge on any atom is -0.507 e. The van der Waals surface area contributed by atoms with E-state index in [1.165, 1.54) is 0 Å². The number of benzene rings is 1. The standard InChI is InChI=1S/C13H21NOS/c1-10-6-5-7-11(12(10)15)8-14-9-13(2,3)16-4/h5-7,14-15H,8-9H2,1-4H3. The largest absolute Gasteiger partial charge is 0.507 e. The summed E-state index contributed by atoms with van der Waals surface area (Å²) in [6.45, 7) is 7.99. The molecule has 0 aliphatic heterocycles. The fourth-order valence-corrected chi connectivity index (χ4v) is 1.68. The van der Waals surface area contributed by atoms with E-state index in [2.05, 4.69) is 25.4 Å². The fraction of sp³-hybridized carbons (Fsp3) is 0.538. The van der Waals surface area contributed by atoms with Crippen molar-refractivity contribution in [3.8, 4) is 5.75 Å². The average molecular weight is 239 g/mol. The van der Waals surface area contributed by atoms with Gasteiger partial charge in [0.05, 0.1) is 0 Å². The molecule has 0 aliphatic rings. The number of thioether (sulfide) groups is 1. The summed E-state index contributed by atoms with van der Waals surface area (Å²) < 4.78 is 0.236. The molecule has 16 heavy (non-hydrogen) atoms. The third-order valence-corrected chi connectivity index (χ3v) is 3.99. The second-order valence-corrected chi connectivity index (χ2v) is 6.16. The van der Waals surface area contributed by atoms with Crippen LogP contribution in [0.15, 0.2) is 18.2 Å². The quantitative estimate of drug-likeness (QED) is 0.828. The molecular weight excluding hydrogens is 218 g/mol. The molecule has 2 N–H and O–H groups in total. The average Bonchev–Trinajstić information content (AvgIpc) is 2.24. The number of hydrogen-bond acceptors (Lipinski definition) is 3. The van der Waals surface area contributed by atoms with Gasteiger partial charge in [-0.25, -0.2) is 0 Å². The zero-order valence-electron chi connectivity index (χ0n) is 10.5. The molecule has 1 rings (SSSR count). The summed E-state index contributed by atoms with van der Waals surface area (Å²) in [5, 5.41) is 13.2. The maximum Gasteiger partial charge on any atom is 0.122 e. The first kappa shape index (κ1) is 13.4. The van der Waals surface area contributed by atoms with Gasteiger partial charge in [0.25, 0.3) is 0 Å². The van der Waals surface area contributed by atoms with Crippen LogP contribution in [0.3, 0.4) is 0 Å². The summed E-state index contributed by atoms with van der Waals surface area (Å²) in [5.41, 5.74) is 1.90. The first-order valence-electron chi connectivity index (χ1n) is 5.49. The van der Waals surface area contributed by atoms with Crippen molar-refractivity contribution in [3.05, 3.63) is 29.3 Å². The molecular formula is C13H21NOS. The number of aromatic hydroxyl groups is 1. The summed E-state index contributed by atoms with van der Waals surface area (Å²) in [5.74, 6) is 0.414. The molecule has 0 aromatic heterocycles. The van der Waals surface area contributed by atoms with Gasteiger partial charge in [-0.15, -0.1) is 0 Å². The van der Waals surface area contributed by atoms with Crippen molar-refractivity contribution in [2.75, 3.05) is 12.8 Å². The summed E-state index contributed by atoms with van der Waals surface area (Å²) in [6, 6.07) is 5.86. The first-order chi connectivity index (χ1) is 7.46. The highest BCUT2D eigenvalue weighted by Crippen LogP contribution is 2.22. The molecule has 90 valence electrons. The van der Waals surface area contributed by atoms with Gasteiger partial charge in [-0.05, 0) is 32.6 Å². The highest BCUT2D eigenvalue weighted by molar-refractivity contribution is 7.99. The third kappa shape index (κ3) is 3.72. The lowest BCUT2D eigenvalue weighted by Gasteiger charge is -2.22. The van der Waals surface area contributed by atoms with Crippen molar-refractivity contribution in [1.29, 1.82) is 0 Å². The molecule has 3 heteroatoms. The summed E-state index contributed by atoms with van der Waals surface area (Å²) >= 11 is 1.84. The molecule has 1 aromatic carbocycles. The van der Waals surface area contributed by atoms with Crippen molar-refractivity contribution in [3.63, 3.8) is 0 Å². The lowest BCUT2D eigenvalue weighted by molar-refractivity contribution is 0.458. The molecule has 0 spiro atoms. The molecule has 0 fully saturated rings. The SMILES string of the molecule is CSC(C)(C)CNCc1cccc(C)c1O. The van der Waals surface area contributed by atoms with E-state index in [0.717, 1.165) is 24.2 Å². The zero-order valence-corrected chi connectivity index (χ0v) is 11.3. The molecule has 0 saturated heterocycles. The highest BCUT2D eigenvalue weighted by Gasteiger charge is 2.15. The Morgan fingerprint density at radius 1 is 1.38 bits per heavy atom. The Balaban J connectivity index is 2.53. The van der Waals surface area contributed by atoms with Crippen molar-refractivity contribution < 1.29 is 5.11 Å². The molecule has 0 heterocycles. The van der Waals surface area contributed by atoms with Crippen LogP contribution in [-0.4, -0.2) is 22.7 Å². The van der Waals surface area contributed by atoms with Gasteiger partial charge in [-0.1, -0.05) is 18.2 Å². The van der Waals surface area contributed by atoms with Crippen LogP contribution in [-0.2, 0) is 6.54 Å². The van der Waals surface area contributed by atoms with Gasteiger partial charge in [-0.3, -0.25) is 0 Å². The molecule has 2 nitrogen and oxygen atoms in total. The Bertz CT molecular complexity index is 350.